The number of thiocarbonyl (C=S) groups is 1. The van der Waals surface area contributed by atoms with E-state index < -0.39 is 5.54 Å². The van der Waals surface area contributed by atoms with E-state index >= 15 is 0 Å². The highest BCUT2D eigenvalue weighted by Crippen LogP contribution is 2.43. The van der Waals surface area contributed by atoms with Crippen LogP contribution in [0.3, 0.4) is 0 Å². The SMILES string of the molecule is CC(C)CC1(C(=O)NC(C)(C)C(N)=S)CCCC1. The molecular weight excluding hydrogens is 244 g/mol. The van der Waals surface area contributed by atoms with Crippen molar-refractivity contribution < 1.29 is 4.79 Å². The molecule has 0 atom stereocenters. The number of carbonyl (C=O) groups is 1. The molecule has 0 unspecified atom stereocenters. The molecular formula is C14H26N2OS. The molecule has 3 N–H and O–H groups in total. The van der Waals surface area contributed by atoms with Crippen molar-refractivity contribution in [3.8, 4) is 0 Å². The fraction of sp³-hybridized carbons (Fsp3) is 0.857. The summed E-state index contributed by atoms with van der Waals surface area (Å²) in [7, 11) is 0. The standard InChI is InChI=1S/C14H26N2OS/c1-10(2)9-14(7-5-6-8-14)12(17)16-13(3,4)11(15)18/h10H,5-9H2,1-4H3,(H2,15,18)(H,16,17). The molecule has 0 aromatic carbocycles. The highest BCUT2D eigenvalue weighted by atomic mass is 32.1. The third-order valence-electron chi connectivity index (χ3n) is 3.88. The predicted molar refractivity (Wildman–Crippen MR) is 79.4 cm³/mol. The summed E-state index contributed by atoms with van der Waals surface area (Å²) in [6.07, 6.45) is 5.22. The van der Waals surface area contributed by atoms with E-state index in [9.17, 15) is 4.79 Å². The van der Waals surface area contributed by atoms with E-state index in [1.54, 1.807) is 0 Å². The van der Waals surface area contributed by atoms with E-state index in [0.29, 0.717) is 10.9 Å². The van der Waals surface area contributed by atoms with Crippen LogP contribution >= 0.6 is 12.2 Å². The molecule has 1 rings (SSSR count). The van der Waals surface area contributed by atoms with Crippen LogP contribution in [0.25, 0.3) is 0 Å². The molecule has 3 nitrogen and oxygen atoms in total. The van der Waals surface area contributed by atoms with Crippen molar-refractivity contribution in [1.82, 2.24) is 5.32 Å². The zero-order valence-corrected chi connectivity index (χ0v) is 12.8. The summed E-state index contributed by atoms with van der Waals surface area (Å²) in [5.74, 6) is 0.660. The fourth-order valence-electron chi connectivity index (χ4n) is 2.84. The zero-order chi connectivity index (χ0) is 14.0. The lowest BCUT2D eigenvalue weighted by Crippen LogP contribution is -2.56. The van der Waals surface area contributed by atoms with Crippen LogP contribution in [-0.4, -0.2) is 16.4 Å². The van der Waals surface area contributed by atoms with E-state index in [2.05, 4.69) is 19.2 Å². The Bertz CT molecular complexity index is 331. The molecule has 0 saturated heterocycles. The van der Waals surface area contributed by atoms with Crippen molar-refractivity contribution in [2.24, 2.45) is 17.1 Å². The average Bonchev–Trinajstić information content (AvgIpc) is 2.65. The smallest absolute Gasteiger partial charge is 0.226 e. The van der Waals surface area contributed by atoms with Crippen LogP contribution in [0.15, 0.2) is 0 Å². The Hall–Kier alpha value is -0.640. The van der Waals surface area contributed by atoms with Gasteiger partial charge >= 0.3 is 0 Å². The number of hydrogen-bond acceptors (Lipinski definition) is 2. The van der Waals surface area contributed by atoms with Crippen LogP contribution in [-0.2, 0) is 4.79 Å². The van der Waals surface area contributed by atoms with Gasteiger partial charge in [-0.15, -0.1) is 0 Å². The molecule has 0 radical (unpaired) electrons. The normalized spacial score (nSPS) is 18.9. The summed E-state index contributed by atoms with van der Waals surface area (Å²) >= 11 is 5.01. The summed E-state index contributed by atoms with van der Waals surface area (Å²) in [5.41, 5.74) is 4.88. The molecule has 0 aromatic heterocycles. The Kier molecular flexibility index (Phi) is 4.76. The van der Waals surface area contributed by atoms with Gasteiger partial charge in [-0.25, -0.2) is 0 Å². The lowest BCUT2D eigenvalue weighted by molar-refractivity contribution is -0.132. The molecule has 0 aromatic rings. The van der Waals surface area contributed by atoms with Gasteiger partial charge in [0.05, 0.1) is 10.5 Å². The first-order chi connectivity index (χ1) is 8.19. The van der Waals surface area contributed by atoms with Crippen molar-refractivity contribution in [2.45, 2.75) is 65.3 Å². The number of nitrogens with two attached hydrogens (primary N) is 1. The molecule has 1 amide bonds. The molecule has 1 aliphatic rings. The average molecular weight is 270 g/mol. The van der Waals surface area contributed by atoms with Crippen LogP contribution < -0.4 is 11.1 Å². The zero-order valence-electron chi connectivity index (χ0n) is 12.0. The molecule has 0 heterocycles. The first kappa shape index (κ1) is 15.4. The summed E-state index contributed by atoms with van der Waals surface area (Å²) < 4.78 is 0. The maximum absolute atomic E-state index is 12.6. The fourth-order valence-corrected chi connectivity index (χ4v) is 2.89. The van der Waals surface area contributed by atoms with Gasteiger partial charge in [0, 0.05) is 5.41 Å². The van der Waals surface area contributed by atoms with Gasteiger partial charge in [-0.2, -0.15) is 0 Å². The van der Waals surface area contributed by atoms with E-state index in [1.165, 1.54) is 0 Å². The van der Waals surface area contributed by atoms with Crippen LogP contribution in [0, 0.1) is 11.3 Å². The monoisotopic (exact) mass is 270 g/mol. The van der Waals surface area contributed by atoms with Crippen molar-refractivity contribution in [3.63, 3.8) is 0 Å². The summed E-state index contributed by atoms with van der Waals surface area (Å²) in [5, 5.41) is 3.04. The van der Waals surface area contributed by atoms with Gasteiger partial charge in [0.15, 0.2) is 0 Å². The highest BCUT2D eigenvalue weighted by Gasteiger charge is 2.43. The minimum atomic E-state index is -0.598. The van der Waals surface area contributed by atoms with E-state index in [0.717, 1.165) is 32.1 Å². The molecule has 1 aliphatic carbocycles. The van der Waals surface area contributed by atoms with Crippen LogP contribution in [0.5, 0.6) is 0 Å². The van der Waals surface area contributed by atoms with Gasteiger partial charge < -0.3 is 11.1 Å². The number of hydrogen-bond donors (Lipinski definition) is 2. The van der Waals surface area contributed by atoms with Crippen molar-refractivity contribution in [2.75, 3.05) is 0 Å². The second-order valence-corrected chi connectivity index (χ2v) is 6.97. The molecule has 0 aliphatic heterocycles. The molecule has 4 heteroatoms. The Morgan fingerprint density at radius 1 is 1.39 bits per heavy atom. The molecule has 104 valence electrons. The number of rotatable bonds is 5. The molecule has 18 heavy (non-hydrogen) atoms. The third kappa shape index (κ3) is 3.44. The van der Waals surface area contributed by atoms with Crippen molar-refractivity contribution in [1.29, 1.82) is 0 Å². The molecule has 0 spiro atoms. The minimum absolute atomic E-state index is 0.131. The summed E-state index contributed by atoms with van der Waals surface area (Å²) in [4.78, 5) is 12.9. The maximum Gasteiger partial charge on any atom is 0.226 e. The third-order valence-corrected chi connectivity index (χ3v) is 4.39. The maximum atomic E-state index is 12.6. The molecule has 1 saturated carbocycles. The Labute approximate surface area is 116 Å². The van der Waals surface area contributed by atoms with Crippen molar-refractivity contribution >= 4 is 23.1 Å². The molecule has 1 fully saturated rings. The van der Waals surface area contributed by atoms with Gasteiger partial charge in [-0.1, -0.05) is 38.9 Å². The minimum Gasteiger partial charge on any atom is -0.391 e. The molecule has 0 bridgehead atoms. The largest absolute Gasteiger partial charge is 0.391 e. The second-order valence-electron chi connectivity index (χ2n) is 6.53. The lowest BCUT2D eigenvalue weighted by Gasteiger charge is -2.34. The lowest BCUT2D eigenvalue weighted by atomic mass is 9.77. The van der Waals surface area contributed by atoms with Crippen LogP contribution in [0.1, 0.15) is 59.8 Å². The Balaban J connectivity index is 2.81. The van der Waals surface area contributed by atoms with Gasteiger partial charge in [0.25, 0.3) is 0 Å². The Morgan fingerprint density at radius 2 is 1.89 bits per heavy atom. The van der Waals surface area contributed by atoms with E-state index in [-0.39, 0.29) is 11.3 Å². The highest BCUT2D eigenvalue weighted by molar-refractivity contribution is 7.80. The summed E-state index contributed by atoms with van der Waals surface area (Å²) in [6.45, 7) is 8.08. The first-order valence-electron chi connectivity index (χ1n) is 6.82. The quantitative estimate of drug-likeness (QED) is 0.755. The number of carbonyl (C=O) groups excluding carboxylic acids is 1. The second kappa shape index (κ2) is 5.55. The Morgan fingerprint density at radius 3 is 2.28 bits per heavy atom. The van der Waals surface area contributed by atoms with Gasteiger partial charge in [0.1, 0.15) is 0 Å². The predicted octanol–water partition coefficient (Wildman–Crippen LogP) is 2.77. The van der Waals surface area contributed by atoms with Crippen LogP contribution in [0.4, 0.5) is 0 Å². The van der Waals surface area contributed by atoms with E-state index in [1.807, 2.05) is 13.8 Å². The van der Waals surface area contributed by atoms with Gasteiger partial charge in [-0.3, -0.25) is 4.79 Å². The first-order valence-corrected chi connectivity index (χ1v) is 7.23. The van der Waals surface area contributed by atoms with Gasteiger partial charge in [-0.05, 0) is 39.0 Å². The van der Waals surface area contributed by atoms with Crippen LogP contribution in [0.2, 0.25) is 0 Å². The topological polar surface area (TPSA) is 55.1 Å². The van der Waals surface area contributed by atoms with E-state index in [4.69, 9.17) is 18.0 Å². The number of nitrogens with one attached hydrogen (secondary N) is 1. The van der Waals surface area contributed by atoms with Crippen molar-refractivity contribution in [3.05, 3.63) is 0 Å². The summed E-state index contributed by atoms with van der Waals surface area (Å²) in [6, 6.07) is 0. The van der Waals surface area contributed by atoms with Gasteiger partial charge in [0.2, 0.25) is 5.91 Å². The number of amides is 1.